The fraction of sp³-hybridized carbons (Fsp3) is 0.222. The molecule has 0 aromatic heterocycles. The minimum atomic E-state index is -4.45. The largest absolute Gasteiger partial charge is 0.490 e. The molecule has 0 saturated heterocycles. The molecule has 26 heavy (non-hydrogen) atoms. The predicted molar refractivity (Wildman–Crippen MR) is 83.0 cm³/mol. The highest BCUT2D eigenvalue weighted by Crippen LogP contribution is 2.32. The Hall–Kier alpha value is -2.64. The quantitative estimate of drug-likeness (QED) is 0.473. The second-order valence-electron chi connectivity index (χ2n) is 5.14. The standard InChI is InChI=1S/C18H14F6O2/c19-17(20,21)13-5-3-7-15(11-13)25-9-1-2-10-26-16-8-4-6-14(12-16)18(22,23)24/h1-8,11-12H,9-10H2/b2-1+. The minimum absolute atomic E-state index is 0.00669. The van der Waals surface area contributed by atoms with E-state index in [0.717, 1.165) is 24.3 Å². The normalized spacial score (nSPS) is 12.4. The van der Waals surface area contributed by atoms with Gasteiger partial charge in [-0.3, -0.25) is 0 Å². The summed E-state index contributed by atoms with van der Waals surface area (Å²) in [7, 11) is 0. The number of alkyl halides is 6. The maximum absolute atomic E-state index is 12.6. The van der Waals surface area contributed by atoms with Gasteiger partial charge < -0.3 is 9.47 Å². The van der Waals surface area contributed by atoms with E-state index < -0.39 is 23.5 Å². The first-order valence-electron chi connectivity index (χ1n) is 7.41. The Labute approximate surface area is 145 Å². The van der Waals surface area contributed by atoms with Crippen LogP contribution in [-0.2, 0) is 12.4 Å². The summed E-state index contributed by atoms with van der Waals surface area (Å²) in [5, 5.41) is 0. The minimum Gasteiger partial charge on any atom is -0.490 e. The lowest BCUT2D eigenvalue weighted by molar-refractivity contribution is -0.138. The molecule has 2 rings (SSSR count). The summed E-state index contributed by atoms with van der Waals surface area (Å²) >= 11 is 0. The molecule has 0 aliphatic heterocycles. The summed E-state index contributed by atoms with van der Waals surface area (Å²) in [4.78, 5) is 0. The number of benzene rings is 2. The molecule has 0 spiro atoms. The molecule has 0 N–H and O–H groups in total. The van der Waals surface area contributed by atoms with Gasteiger partial charge in [-0.25, -0.2) is 0 Å². The summed E-state index contributed by atoms with van der Waals surface area (Å²) in [6.45, 7) is -0.0134. The topological polar surface area (TPSA) is 18.5 Å². The maximum atomic E-state index is 12.6. The van der Waals surface area contributed by atoms with E-state index in [0.29, 0.717) is 0 Å². The average molecular weight is 376 g/mol. The van der Waals surface area contributed by atoms with Crippen LogP contribution in [0.2, 0.25) is 0 Å². The molecule has 0 aliphatic rings. The van der Waals surface area contributed by atoms with Gasteiger partial charge in [0, 0.05) is 0 Å². The number of ether oxygens (including phenoxy) is 2. The predicted octanol–water partition coefficient (Wildman–Crippen LogP) is 5.74. The highest BCUT2D eigenvalue weighted by Gasteiger charge is 2.31. The molecule has 0 heterocycles. The molecule has 8 heteroatoms. The van der Waals surface area contributed by atoms with Crippen LogP contribution >= 0.6 is 0 Å². The van der Waals surface area contributed by atoms with Crippen molar-refractivity contribution in [1.82, 2.24) is 0 Å². The van der Waals surface area contributed by atoms with Crippen LogP contribution in [0, 0.1) is 0 Å². The molecule has 0 fully saturated rings. The van der Waals surface area contributed by atoms with Gasteiger partial charge in [-0.2, -0.15) is 26.3 Å². The van der Waals surface area contributed by atoms with E-state index in [9.17, 15) is 26.3 Å². The summed E-state index contributed by atoms with van der Waals surface area (Å²) in [5.74, 6) is 0.117. The van der Waals surface area contributed by atoms with Crippen molar-refractivity contribution in [2.45, 2.75) is 12.4 Å². The lowest BCUT2D eigenvalue weighted by Crippen LogP contribution is -2.05. The van der Waals surface area contributed by atoms with Gasteiger partial charge in [0.2, 0.25) is 0 Å². The van der Waals surface area contributed by atoms with Crippen LogP contribution < -0.4 is 9.47 Å². The lowest BCUT2D eigenvalue weighted by atomic mass is 10.2. The summed E-state index contributed by atoms with van der Waals surface area (Å²) in [6.07, 6.45) is -5.91. The molecule has 0 saturated carbocycles. The van der Waals surface area contributed by atoms with E-state index in [1.165, 1.54) is 36.4 Å². The number of hydrogen-bond donors (Lipinski definition) is 0. The third-order valence-electron chi connectivity index (χ3n) is 3.18. The summed E-state index contributed by atoms with van der Waals surface area (Å²) < 4.78 is 85.7. The van der Waals surface area contributed by atoms with Gasteiger partial charge in [0.25, 0.3) is 0 Å². The van der Waals surface area contributed by atoms with E-state index in [2.05, 4.69) is 0 Å². The van der Waals surface area contributed by atoms with Gasteiger partial charge in [0.15, 0.2) is 0 Å². The zero-order valence-electron chi connectivity index (χ0n) is 13.3. The molecule has 0 aliphatic carbocycles. The Morgan fingerprint density at radius 3 is 1.38 bits per heavy atom. The molecule has 0 bridgehead atoms. The van der Waals surface area contributed by atoms with Crippen molar-refractivity contribution in [1.29, 1.82) is 0 Å². The van der Waals surface area contributed by atoms with Crippen LogP contribution in [0.25, 0.3) is 0 Å². The number of halogens is 6. The van der Waals surface area contributed by atoms with Crippen molar-refractivity contribution in [2.24, 2.45) is 0 Å². The molecular weight excluding hydrogens is 362 g/mol. The maximum Gasteiger partial charge on any atom is 0.416 e. The first kappa shape index (κ1) is 19.7. The van der Waals surface area contributed by atoms with Crippen molar-refractivity contribution in [3.05, 3.63) is 71.8 Å². The number of rotatable bonds is 6. The van der Waals surface area contributed by atoms with Gasteiger partial charge in [0.1, 0.15) is 24.7 Å². The van der Waals surface area contributed by atoms with Crippen molar-refractivity contribution >= 4 is 0 Å². The molecule has 0 radical (unpaired) electrons. The molecule has 2 aromatic rings. The van der Waals surface area contributed by atoms with Crippen LogP contribution in [0.15, 0.2) is 60.7 Å². The second kappa shape index (κ2) is 8.16. The molecule has 2 aromatic carbocycles. The molecule has 2 nitrogen and oxygen atoms in total. The van der Waals surface area contributed by atoms with Crippen LogP contribution in [0.3, 0.4) is 0 Å². The van der Waals surface area contributed by atoms with Gasteiger partial charge in [-0.05, 0) is 48.6 Å². The zero-order valence-corrected chi connectivity index (χ0v) is 13.3. The highest BCUT2D eigenvalue weighted by atomic mass is 19.4. The highest BCUT2D eigenvalue weighted by molar-refractivity contribution is 5.31. The summed E-state index contributed by atoms with van der Waals surface area (Å²) in [5.41, 5.74) is -1.63. The van der Waals surface area contributed by atoms with E-state index >= 15 is 0 Å². The SMILES string of the molecule is FC(F)(F)c1cccc(OC/C=C/COc2cccc(C(F)(F)F)c2)c1. The van der Waals surface area contributed by atoms with Gasteiger partial charge in [-0.15, -0.1) is 0 Å². The van der Waals surface area contributed by atoms with E-state index in [1.54, 1.807) is 0 Å². The molecule has 0 atom stereocenters. The fourth-order valence-corrected chi connectivity index (χ4v) is 1.95. The first-order valence-corrected chi connectivity index (χ1v) is 7.41. The van der Waals surface area contributed by atoms with Crippen molar-refractivity contribution in [2.75, 3.05) is 13.2 Å². The monoisotopic (exact) mass is 376 g/mol. The Bertz CT molecular complexity index is 686. The zero-order chi connectivity index (χ0) is 19.2. The van der Waals surface area contributed by atoms with Crippen LogP contribution in [0.4, 0.5) is 26.3 Å². The Kier molecular flexibility index (Phi) is 6.18. The number of hydrogen-bond acceptors (Lipinski definition) is 2. The molecule has 140 valence electrons. The van der Waals surface area contributed by atoms with Crippen LogP contribution in [-0.4, -0.2) is 13.2 Å². The Morgan fingerprint density at radius 2 is 1.04 bits per heavy atom. The fourth-order valence-electron chi connectivity index (χ4n) is 1.95. The Morgan fingerprint density at radius 1 is 0.654 bits per heavy atom. The van der Waals surface area contributed by atoms with E-state index in [-0.39, 0.29) is 24.7 Å². The van der Waals surface area contributed by atoms with Crippen LogP contribution in [0.5, 0.6) is 11.5 Å². The first-order chi connectivity index (χ1) is 12.2. The third-order valence-corrected chi connectivity index (χ3v) is 3.18. The molecule has 0 unspecified atom stereocenters. The molecular formula is C18H14F6O2. The lowest BCUT2D eigenvalue weighted by Gasteiger charge is -2.09. The smallest absolute Gasteiger partial charge is 0.416 e. The van der Waals surface area contributed by atoms with E-state index in [1.807, 2.05) is 0 Å². The Balaban J connectivity index is 1.80. The van der Waals surface area contributed by atoms with Crippen molar-refractivity contribution < 1.29 is 35.8 Å². The second-order valence-corrected chi connectivity index (χ2v) is 5.14. The van der Waals surface area contributed by atoms with Crippen LogP contribution in [0.1, 0.15) is 11.1 Å². The van der Waals surface area contributed by atoms with Crippen molar-refractivity contribution in [3.8, 4) is 11.5 Å². The van der Waals surface area contributed by atoms with Gasteiger partial charge in [-0.1, -0.05) is 12.1 Å². The molecule has 0 amide bonds. The summed E-state index contributed by atoms with van der Waals surface area (Å²) in [6, 6.07) is 8.89. The van der Waals surface area contributed by atoms with Gasteiger partial charge >= 0.3 is 12.4 Å². The van der Waals surface area contributed by atoms with Crippen molar-refractivity contribution in [3.63, 3.8) is 0 Å². The van der Waals surface area contributed by atoms with E-state index in [4.69, 9.17) is 9.47 Å². The van der Waals surface area contributed by atoms with Gasteiger partial charge in [0.05, 0.1) is 11.1 Å². The third kappa shape index (κ3) is 6.02. The average Bonchev–Trinajstić information content (AvgIpc) is 2.57.